The number of hydrogen-bond donors (Lipinski definition) is 1. The van der Waals surface area contributed by atoms with Gasteiger partial charge in [0.25, 0.3) is 5.91 Å². The van der Waals surface area contributed by atoms with Crippen LogP contribution in [0.2, 0.25) is 0 Å². The van der Waals surface area contributed by atoms with E-state index in [1.54, 1.807) is 17.0 Å². The van der Waals surface area contributed by atoms with E-state index in [-0.39, 0.29) is 23.8 Å². The fraction of sp³-hybridized carbons (Fsp3) is 0.462. The number of carbonyl (C=O) groups excluding carboxylic acids is 2. The number of nitrogens with one attached hydrogen (secondary N) is 1. The molecule has 1 saturated heterocycles. The molecule has 176 valence electrons. The minimum absolute atomic E-state index is 0.0354. The van der Waals surface area contributed by atoms with Crippen LogP contribution in [0.25, 0.3) is 0 Å². The zero-order chi connectivity index (χ0) is 23.4. The van der Waals surface area contributed by atoms with Crippen molar-refractivity contribution in [1.82, 2.24) is 4.90 Å². The minimum atomic E-state index is -0.437. The maximum Gasteiger partial charge on any atom is 0.254 e. The van der Waals surface area contributed by atoms with Gasteiger partial charge in [0.2, 0.25) is 5.91 Å². The van der Waals surface area contributed by atoms with Crippen molar-refractivity contribution in [2.75, 3.05) is 37.5 Å². The standard InChI is InChI=1S/C26H32FN3O3/c1-29(2)24-12-11-22(28-25(31)18-6-3-7-18)15-20(24)16-30(17-23-10-5-13-33-23)26(32)19-8-4-9-21(27)14-19/h4,8-9,11-12,14-15,18,23H,3,5-7,10,13,16-17H2,1-2H3,(H,28,31). The van der Waals surface area contributed by atoms with Crippen LogP contribution < -0.4 is 10.2 Å². The van der Waals surface area contributed by atoms with Crippen LogP contribution in [0.1, 0.15) is 48.0 Å². The van der Waals surface area contributed by atoms with E-state index in [1.807, 2.05) is 37.2 Å². The summed E-state index contributed by atoms with van der Waals surface area (Å²) in [5.41, 5.74) is 2.91. The van der Waals surface area contributed by atoms with E-state index in [9.17, 15) is 14.0 Å². The monoisotopic (exact) mass is 453 g/mol. The van der Waals surface area contributed by atoms with Crippen molar-refractivity contribution in [3.63, 3.8) is 0 Å². The molecule has 0 spiro atoms. The van der Waals surface area contributed by atoms with E-state index in [2.05, 4.69) is 5.32 Å². The van der Waals surface area contributed by atoms with Crippen molar-refractivity contribution in [2.45, 2.75) is 44.8 Å². The maximum atomic E-state index is 13.8. The Labute approximate surface area is 194 Å². The quantitative estimate of drug-likeness (QED) is 0.642. The first-order valence-corrected chi connectivity index (χ1v) is 11.7. The van der Waals surface area contributed by atoms with Gasteiger partial charge in [0.1, 0.15) is 5.82 Å². The third kappa shape index (κ3) is 5.71. The number of hydrogen-bond acceptors (Lipinski definition) is 4. The summed E-state index contributed by atoms with van der Waals surface area (Å²) in [4.78, 5) is 29.6. The first kappa shape index (κ1) is 23.2. The number of ether oxygens (including phenoxy) is 1. The van der Waals surface area contributed by atoms with Crippen LogP contribution in [-0.4, -0.2) is 50.1 Å². The molecule has 1 unspecified atom stereocenters. The lowest BCUT2D eigenvalue weighted by molar-refractivity contribution is -0.122. The summed E-state index contributed by atoms with van der Waals surface area (Å²) in [6.45, 7) is 1.45. The van der Waals surface area contributed by atoms with Gasteiger partial charge < -0.3 is 19.9 Å². The number of nitrogens with zero attached hydrogens (tertiary/aromatic N) is 2. The van der Waals surface area contributed by atoms with Crippen LogP contribution in [0.3, 0.4) is 0 Å². The minimum Gasteiger partial charge on any atom is -0.377 e. The molecule has 2 amide bonds. The Hall–Kier alpha value is -2.93. The van der Waals surface area contributed by atoms with Crippen molar-refractivity contribution in [1.29, 1.82) is 0 Å². The van der Waals surface area contributed by atoms with E-state index < -0.39 is 5.82 Å². The smallest absolute Gasteiger partial charge is 0.254 e. The molecule has 1 saturated carbocycles. The fourth-order valence-electron chi connectivity index (χ4n) is 4.40. The summed E-state index contributed by atoms with van der Waals surface area (Å²) in [7, 11) is 3.90. The Balaban J connectivity index is 1.60. The first-order chi connectivity index (χ1) is 15.9. The number of rotatable bonds is 8. The molecule has 2 aromatic rings. The van der Waals surface area contributed by atoms with Crippen LogP contribution in [0.4, 0.5) is 15.8 Å². The molecule has 33 heavy (non-hydrogen) atoms. The van der Waals surface area contributed by atoms with Gasteiger partial charge in [-0.1, -0.05) is 12.5 Å². The molecule has 1 heterocycles. The molecule has 0 aromatic heterocycles. The third-order valence-corrected chi connectivity index (χ3v) is 6.47. The number of anilines is 2. The maximum absolute atomic E-state index is 13.8. The summed E-state index contributed by atoms with van der Waals surface area (Å²) < 4.78 is 19.6. The highest BCUT2D eigenvalue weighted by Crippen LogP contribution is 2.30. The molecular formula is C26H32FN3O3. The van der Waals surface area contributed by atoms with Gasteiger partial charge in [-0.25, -0.2) is 4.39 Å². The van der Waals surface area contributed by atoms with E-state index in [1.165, 1.54) is 12.1 Å². The summed E-state index contributed by atoms with van der Waals surface area (Å²) in [5.74, 6) is -0.532. The molecule has 6 nitrogen and oxygen atoms in total. The summed E-state index contributed by atoms with van der Waals surface area (Å²) in [6, 6.07) is 11.6. The molecule has 2 aromatic carbocycles. The van der Waals surface area contributed by atoms with Crippen molar-refractivity contribution >= 4 is 23.2 Å². The summed E-state index contributed by atoms with van der Waals surface area (Å²) >= 11 is 0. The number of carbonyl (C=O) groups is 2. The van der Waals surface area contributed by atoms with Gasteiger partial charge in [0, 0.05) is 56.6 Å². The average molecular weight is 454 g/mol. The SMILES string of the molecule is CN(C)c1ccc(NC(=O)C2CCC2)cc1CN(CC1CCCO1)C(=O)c1cccc(F)c1. The molecule has 7 heteroatoms. The molecular weight excluding hydrogens is 421 g/mol. The molecule has 2 aliphatic rings. The largest absolute Gasteiger partial charge is 0.377 e. The van der Waals surface area contributed by atoms with Gasteiger partial charge in [0.15, 0.2) is 0 Å². The fourth-order valence-corrected chi connectivity index (χ4v) is 4.40. The van der Waals surface area contributed by atoms with Crippen molar-refractivity contribution in [3.05, 3.63) is 59.4 Å². The Bertz CT molecular complexity index is 1000. The number of amides is 2. The topological polar surface area (TPSA) is 61.9 Å². The van der Waals surface area contributed by atoms with Crippen molar-refractivity contribution < 1.29 is 18.7 Å². The van der Waals surface area contributed by atoms with E-state index in [4.69, 9.17) is 4.74 Å². The lowest BCUT2D eigenvalue weighted by Gasteiger charge is -2.29. The second kappa shape index (κ2) is 10.3. The molecule has 0 radical (unpaired) electrons. The predicted octanol–water partition coefficient (Wildman–Crippen LogP) is 4.45. The molecule has 4 rings (SSSR count). The van der Waals surface area contributed by atoms with Gasteiger partial charge >= 0.3 is 0 Å². The summed E-state index contributed by atoms with van der Waals surface area (Å²) in [6.07, 6.45) is 4.80. The van der Waals surface area contributed by atoms with E-state index in [0.29, 0.717) is 25.3 Å². The summed E-state index contributed by atoms with van der Waals surface area (Å²) in [5, 5.41) is 3.03. The highest BCUT2D eigenvalue weighted by Gasteiger charge is 2.27. The van der Waals surface area contributed by atoms with Crippen LogP contribution in [0, 0.1) is 11.7 Å². The zero-order valence-electron chi connectivity index (χ0n) is 19.4. The van der Waals surface area contributed by atoms with Gasteiger partial charge in [0.05, 0.1) is 6.10 Å². The Kier molecular flexibility index (Phi) is 7.28. The second-order valence-electron chi connectivity index (χ2n) is 9.19. The highest BCUT2D eigenvalue weighted by atomic mass is 19.1. The normalized spacial score (nSPS) is 18.0. The van der Waals surface area contributed by atoms with E-state index >= 15 is 0 Å². The van der Waals surface area contributed by atoms with Gasteiger partial charge in [-0.15, -0.1) is 0 Å². The molecule has 0 bridgehead atoms. The Morgan fingerprint density at radius 3 is 2.55 bits per heavy atom. The van der Waals surface area contributed by atoms with Crippen LogP contribution in [0.15, 0.2) is 42.5 Å². The number of halogens is 1. The molecule has 1 aliphatic carbocycles. The second-order valence-corrected chi connectivity index (χ2v) is 9.19. The molecule has 1 N–H and O–H groups in total. The van der Waals surface area contributed by atoms with Gasteiger partial charge in [-0.05, 0) is 67.6 Å². The number of benzene rings is 2. The average Bonchev–Trinajstić information content (AvgIpc) is 3.24. The van der Waals surface area contributed by atoms with Crippen LogP contribution >= 0.6 is 0 Å². The molecule has 1 atom stereocenters. The zero-order valence-corrected chi connectivity index (χ0v) is 19.4. The van der Waals surface area contributed by atoms with E-state index in [0.717, 1.165) is 49.0 Å². The molecule has 2 fully saturated rings. The lowest BCUT2D eigenvalue weighted by atomic mass is 9.85. The van der Waals surface area contributed by atoms with Crippen molar-refractivity contribution in [3.8, 4) is 0 Å². The predicted molar refractivity (Wildman–Crippen MR) is 127 cm³/mol. The lowest BCUT2D eigenvalue weighted by Crippen LogP contribution is -2.37. The Morgan fingerprint density at radius 1 is 1.09 bits per heavy atom. The highest BCUT2D eigenvalue weighted by molar-refractivity contribution is 5.95. The third-order valence-electron chi connectivity index (χ3n) is 6.47. The molecule has 1 aliphatic heterocycles. The Morgan fingerprint density at radius 2 is 1.91 bits per heavy atom. The van der Waals surface area contributed by atoms with Crippen LogP contribution in [0.5, 0.6) is 0 Å². The first-order valence-electron chi connectivity index (χ1n) is 11.7. The van der Waals surface area contributed by atoms with Crippen LogP contribution in [-0.2, 0) is 16.1 Å². The van der Waals surface area contributed by atoms with Gasteiger partial charge in [-0.2, -0.15) is 0 Å². The van der Waals surface area contributed by atoms with Gasteiger partial charge in [-0.3, -0.25) is 9.59 Å². The van der Waals surface area contributed by atoms with Crippen molar-refractivity contribution in [2.24, 2.45) is 5.92 Å².